The van der Waals surface area contributed by atoms with Gasteiger partial charge in [0.25, 0.3) is 0 Å². The fourth-order valence-corrected chi connectivity index (χ4v) is 3.46. The second-order valence-electron chi connectivity index (χ2n) is 4.17. The summed E-state index contributed by atoms with van der Waals surface area (Å²) in [5.41, 5.74) is 2.72. The Balaban J connectivity index is 2.20. The van der Waals surface area contributed by atoms with Gasteiger partial charge in [0.1, 0.15) is 0 Å². The van der Waals surface area contributed by atoms with Crippen molar-refractivity contribution < 1.29 is 9.66 Å². The van der Waals surface area contributed by atoms with E-state index in [9.17, 15) is 9.66 Å². The molecule has 1 atom stereocenters. The number of fused-ring (bicyclic) bond motifs is 2. The minimum Gasteiger partial charge on any atom is -0.606 e. The fraction of sp³-hybridized carbons (Fsp3) is 0.0667. The zero-order valence-electron chi connectivity index (χ0n) is 9.67. The van der Waals surface area contributed by atoms with Crippen molar-refractivity contribution in [3.05, 3.63) is 59.2 Å². The SMILES string of the molecule is [O-][S+]1c2ccccc2C=Cc2ccc(CO)cc21. The summed E-state index contributed by atoms with van der Waals surface area (Å²) in [5, 5.41) is 9.17. The summed E-state index contributed by atoms with van der Waals surface area (Å²) < 4.78 is 12.6. The van der Waals surface area contributed by atoms with Gasteiger partial charge in [0.2, 0.25) is 0 Å². The molecule has 2 nitrogen and oxygen atoms in total. The number of hydrogen-bond donors (Lipinski definition) is 1. The molecular formula is C15H12O2S. The molecule has 1 aliphatic heterocycles. The van der Waals surface area contributed by atoms with Crippen LogP contribution in [0.2, 0.25) is 0 Å². The van der Waals surface area contributed by atoms with Gasteiger partial charge in [-0.15, -0.1) is 0 Å². The van der Waals surface area contributed by atoms with Crippen LogP contribution in [0, 0.1) is 0 Å². The van der Waals surface area contributed by atoms with Gasteiger partial charge in [-0.1, -0.05) is 18.2 Å². The third kappa shape index (κ3) is 1.86. The van der Waals surface area contributed by atoms with E-state index >= 15 is 0 Å². The van der Waals surface area contributed by atoms with E-state index in [1.807, 2.05) is 54.6 Å². The Morgan fingerprint density at radius 1 is 0.944 bits per heavy atom. The van der Waals surface area contributed by atoms with Crippen molar-refractivity contribution in [3.63, 3.8) is 0 Å². The Bertz CT molecular complexity index is 620. The lowest BCUT2D eigenvalue weighted by atomic mass is 10.1. The lowest BCUT2D eigenvalue weighted by Gasteiger charge is -2.12. The number of hydrogen-bond acceptors (Lipinski definition) is 2. The Hall–Kier alpha value is -1.55. The monoisotopic (exact) mass is 256 g/mol. The minimum atomic E-state index is -1.19. The van der Waals surface area contributed by atoms with Crippen LogP contribution in [0.1, 0.15) is 16.7 Å². The van der Waals surface area contributed by atoms with Crippen molar-refractivity contribution in [1.82, 2.24) is 0 Å². The molecule has 0 bridgehead atoms. The first kappa shape index (κ1) is 11.5. The van der Waals surface area contributed by atoms with E-state index in [1.54, 1.807) is 0 Å². The first-order valence-electron chi connectivity index (χ1n) is 5.72. The van der Waals surface area contributed by atoms with Crippen molar-refractivity contribution >= 4 is 23.3 Å². The largest absolute Gasteiger partial charge is 0.606 e. The van der Waals surface area contributed by atoms with E-state index in [1.165, 1.54) is 0 Å². The predicted octanol–water partition coefficient (Wildman–Crippen LogP) is 2.83. The minimum absolute atomic E-state index is 0.0319. The van der Waals surface area contributed by atoms with Crippen molar-refractivity contribution in [1.29, 1.82) is 0 Å². The van der Waals surface area contributed by atoms with Crippen LogP contribution in [0.25, 0.3) is 12.2 Å². The average molecular weight is 256 g/mol. The summed E-state index contributed by atoms with van der Waals surface area (Å²) in [4.78, 5) is 1.59. The molecule has 1 heterocycles. The first-order valence-corrected chi connectivity index (χ1v) is 6.87. The molecule has 0 amide bonds. The summed E-state index contributed by atoms with van der Waals surface area (Å²) in [7, 11) is 0. The molecule has 1 aliphatic rings. The molecule has 18 heavy (non-hydrogen) atoms. The standard InChI is InChI=1S/C15H12O2S/c16-10-11-5-6-13-8-7-12-3-1-2-4-14(12)18(17)15(13)9-11/h1-9,16H,10H2. The Morgan fingerprint density at radius 3 is 2.44 bits per heavy atom. The van der Waals surface area contributed by atoms with E-state index in [0.717, 1.165) is 26.5 Å². The van der Waals surface area contributed by atoms with E-state index in [-0.39, 0.29) is 6.61 Å². The quantitative estimate of drug-likeness (QED) is 0.797. The molecule has 0 saturated heterocycles. The van der Waals surface area contributed by atoms with Gasteiger partial charge in [0, 0.05) is 22.3 Å². The highest BCUT2D eigenvalue weighted by Gasteiger charge is 2.23. The molecule has 0 aromatic heterocycles. The van der Waals surface area contributed by atoms with E-state index in [4.69, 9.17) is 0 Å². The Labute approximate surface area is 109 Å². The molecule has 0 saturated carbocycles. The van der Waals surface area contributed by atoms with Crippen LogP contribution in [0.3, 0.4) is 0 Å². The van der Waals surface area contributed by atoms with Gasteiger partial charge in [-0.3, -0.25) is 0 Å². The van der Waals surface area contributed by atoms with Gasteiger partial charge in [-0.2, -0.15) is 0 Å². The maximum Gasteiger partial charge on any atom is 0.166 e. The second-order valence-corrected chi connectivity index (χ2v) is 5.59. The highest BCUT2D eigenvalue weighted by atomic mass is 32.2. The summed E-state index contributed by atoms with van der Waals surface area (Å²) in [5.74, 6) is 0. The summed E-state index contributed by atoms with van der Waals surface area (Å²) in [6.45, 7) is -0.0319. The molecular weight excluding hydrogens is 244 g/mol. The fourth-order valence-electron chi connectivity index (χ4n) is 2.06. The van der Waals surface area contributed by atoms with Gasteiger partial charge >= 0.3 is 0 Å². The molecule has 1 N–H and O–H groups in total. The van der Waals surface area contributed by atoms with Crippen LogP contribution in [0.5, 0.6) is 0 Å². The lowest BCUT2D eigenvalue weighted by Crippen LogP contribution is -2.05. The molecule has 90 valence electrons. The van der Waals surface area contributed by atoms with Crippen LogP contribution in [-0.2, 0) is 17.8 Å². The zero-order valence-corrected chi connectivity index (χ0v) is 10.5. The predicted molar refractivity (Wildman–Crippen MR) is 72.4 cm³/mol. The molecule has 0 aliphatic carbocycles. The maximum absolute atomic E-state index is 12.6. The number of rotatable bonds is 1. The number of aliphatic hydroxyl groups is 1. The lowest BCUT2D eigenvalue weighted by molar-refractivity contribution is 0.281. The van der Waals surface area contributed by atoms with Crippen LogP contribution < -0.4 is 0 Å². The molecule has 3 heteroatoms. The Morgan fingerprint density at radius 2 is 1.67 bits per heavy atom. The summed E-state index contributed by atoms with van der Waals surface area (Å²) in [6, 6.07) is 13.3. The molecule has 2 aromatic carbocycles. The van der Waals surface area contributed by atoms with Crippen LogP contribution in [-0.4, -0.2) is 9.66 Å². The Kier molecular flexibility index (Phi) is 2.96. The van der Waals surface area contributed by atoms with Gasteiger partial charge in [-0.25, -0.2) is 0 Å². The first-order chi connectivity index (χ1) is 8.79. The van der Waals surface area contributed by atoms with E-state index in [0.29, 0.717) is 0 Å². The normalized spacial score (nSPS) is 16.9. The highest BCUT2D eigenvalue weighted by molar-refractivity contribution is 7.91. The smallest absolute Gasteiger partial charge is 0.166 e. The van der Waals surface area contributed by atoms with Gasteiger partial charge in [-0.05, 0) is 42.0 Å². The molecule has 1 unspecified atom stereocenters. The molecule has 0 spiro atoms. The average Bonchev–Trinajstić information content (AvgIpc) is 2.57. The van der Waals surface area contributed by atoms with Crippen LogP contribution >= 0.6 is 0 Å². The molecule has 2 aromatic rings. The van der Waals surface area contributed by atoms with Crippen molar-refractivity contribution in [3.8, 4) is 0 Å². The summed E-state index contributed by atoms with van der Waals surface area (Å²) in [6.07, 6.45) is 3.96. The zero-order chi connectivity index (χ0) is 12.5. The topological polar surface area (TPSA) is 43.3 Å². The van der Waals surface area contributed by atoms with Gasteiger partial charge in [0.05, 0.1) is 6.61 Å². The van der Waals surface area contributed by atoms with Crippen LogP contribution in [0.4, 0.5) is 0 Å². The second kappa shape index (κ2) is 4.61. The van der Waals surface area contributed by atoms with Crippen molar-refractivity contribution in [2.75, 3.05) is 0 Å². The maximum atomic E-state index is 12.6. The van der Waals surface area contributed by atoms with Gasteiger partial charge in [0.15, 0.2) is 9.79 Å². The van der Waals surface area contributed by atoms with E-state index < -0.39 is 11.2 Å². The van der Waals surface area contributed by atoms with Crippen LogP contribution in [0.15, 0.2) is 52.3 Å². The highest BCUT2D eigenvalue weighted by Crippen LogP contribution is 2.32. The molecule has 0 radical (unpaired) electrons. The third-order valence-corrected chi connectivity index (χ3v) is 4.55. The third-order valence-electron chi connectivity index (χ3n) is 3.02. The molecule has 0 fully saturated rings. The summed E-state index contributed by atoms with van der Waals surface area (Å²) >= 11 is -1.19. The molecule has 3 rings (SSSR count). The van der Waals surface area contributed by atoms with Crippen molar-refractivity contribution in [2.24, 2.45) is 0 Å². The van der Waals surface area contributed by atoms with Gasteiger partial charge < -0.3 is 9.66 Å². The van der Waals surface area contributed by atoms with Crippen molar-refractivity contribution in [2.45, 2.75) is 16.4 Å². The number of aliphatic hydroxyl groups excluding tert-OH is 1. The number of benzene rings is 2. The van der Waals surface area contributed by atoms with E-state index in [2.05, 4.69) is 0 Å².